The van der Waals surface area contributed by atoms with Gasteiger partial charge < -0.3 is 9.80 Å². The van der Waals surface area contributed by atoms with E-state index in [1.807, 2.05) is 12.1 Å². The van der Waals surface area contributed by atoms with E-state index in [1.165, 1.54) is 41.4 Å². The first-order valence-corrected chi connectivity index (χ1v) is 10.9. The first-order valence-electron chi connectivity index (χ1n) is 9.41. The monoisotopic (exact) mass is 398 g/mol. The zero-order valence-corrected chi connectivity index (χ0v) is 16.3. The Balaban J connectivity index is 1.44. The number of benzene rings is 1. The first kappa shape index (κ1) is 18.7. The molecule has 2 aliphatic heterocycles. The molecule has 9 heteroatoms. The largest absolute Gasteiger partial charge is 0.354 e. The molecule has 4 rings (SSSR count). The molecule has 8 nitrogen and oxygen atoms in total. The van der Waals surface area contributed by atoms with Crippen LogP contribution in [-0.2, 0) is 10.0 Å². The molecule has 0 radical (unpaired) electrons. The third kappa shape index (κ3) is 3.66. The smallest absolute Gasteiger partial charge is 0.243 e. The molecule has 0 unspecified atom stereocenters. The molecule has 28 heavy (non-hydrogen) atoms. The van der Waals surface area contributed by atoms with Crippen molar-refractivity contribution in [3.63, 3.8) is 0 Å². The second kappa shape index (κ2) is 7.73. The van der Waals surface area contributed by atoms with Gasteiger partial charge in [-0.2, -0.15) is 14.6 Å². The van der Waals surface area contributed by atoms with Crippen molar-refractivity contribution in [1.82, 2.24) is 14.3 Å². The summed E-state index contributed by atoms with van der Waals surface area (Å²) in [6.45, 7) is 3.91. The third-order valence-corrected chi connectivity index (χ3v) is 7.11. The Morgan fingerprint density at radius 2 is 1.57 bits per heavy atom. The lowest BCUT2D eigenvalue weighted by Crippen LogP contribution is -2.49. The highest BCUT2D eigenvalue weighted by Gasteiger charge is 2.29. The molecule has 2 aromatic rings. The Labute approximate surface area is 165 Å². The van der Waals surface area contributed by atoms with Crippen molar-refractivity contribution in [3.05, 3.63) is 42.1 Å². The van der Waals surface area contributed by atoms with Crippen molar-refractivity contribution >= 4 is 21.8 Å². The molecule has 0 amide bonds. The van der Waals surface area contributed by atoms with Gasteiger partial charge in [0.25, 0.3) is 0 Å². The quantitative estimate of drug-likeness (QED) is 0.770. The number of nitriles is 1. The van der Waals surface area contributed by atoms with Crippen molar-refractivity contribution in [2.75, 3.05) is 49.1 Å². The number of piperazine rings is 1. The number of hydrogen-bond donors (Lipinski definition) is 0. The fourth-order valence-corrected chi connectivity index (χ4v) is 5.02. The van der Waals surface area contributed by atoms with E-state index in [-0.39, 0.29) is 4.90 Å². The van der Waals surface area contributed by atoms with Crippen molar-refractivity contribution in [2.45, 2.75) is 17.7 Å². The van der Waals surface area contributed by atoms with Crippen LogP contribution in [0.25, 0.3) is 0 Å². The van der Waals surface area contributed by atoms with Crippen molar-refractivity contribution in [3.8, 4) is 6.07 Å². The lowest BCUT2D eigenvalue weighted by Gasteiger charge is -2.34. The fourth-order valence-electron chi connectivity index (χ4n) is 3.59. The second-order valence-electron chi connectivity index (χ2n) is 6.94. The zero-order chi connectivity index (χ0) is 19.6. The van der Waals surface area contributed by atoms with E-state index in [0.717, 1.165) is 24.9 Å². The van der Waals surface area contributed by atoms with E-state index in [1.54, 1.807) is 6.20 Å². The molecular weight excluding hydrogens is 376 g/mol. The van der Waals surface area contributed by atoms with Gasteiger partial charge in [-0.05, 0) is 43.2 Å². The molecule has 2 aliphatic rings. The van der Waals surface area contributed by atoms with Crippen LogP contribution in [0.4, 0.5) is 11.8 Å². The molecule has 0 atom stereocenters. The summed E-state index contributed by atoms with van der Waals surface area (Å²) in [6, 6.07) is 9.93. The van der Waals surface area contributed by atoms with Gasteiger partial charge in [0, 0.05) is 45.5 Å². The van der Waals surface area contributed by atoms with Gasteiger partial charge in [0.2, 0.25) is 16.0 Å². The Morgan fingerprint density at radius 3 is 2.21 bits per heavy atom. The first-order chi connectivity index (χ1) is 13.6. The van der Waals surface area contributed by atoms with Gasteiger partial charge in [0.05, 0.1) is 16.5 Å². The van der Waals surface area contributed by atoms with Crippen LogP contribution < -0.4 is 9.80 Å². The topological polar surface area (TPSA) is 93.4 Å². The van der Waals surface area contributed by atoms with E-state index in [2.05, 4.69) is 19.8 Å². The lowest BCUT2D eigenvalue weighted by molar-refractivity contribution is 0.384. The Bertz CT molecular complexity index is 972. The van der Waals surface area contributed by atoms with Gasteiger partial charge in [0.15, 0.2) is 0 Å². The molecule has 0 aliphatic carbocycles. The van der Waals surface area contributed by atoms with Gasteiger partial charge in [-0.25, -0.2) is 13.4 Å². The third-order valence-electron chi connectivity index (χ3n) is 5.20. The van der Waals surface area contributed by atoms with Crippen LogP contribution in [-0.4, -0.2) is 62.0 Å². The molecule has 0 N–H and O–H groups in total. The Morgan fingerprint density at radius 1 is 0.893 bits per heavy atom. The van der Waals surface area contributed by atoms with E-state index in [9.17, 15) is 8.42 Å². The number of hydrogen-bond acceptors (Lipinski definition) is 7. The SMILES string of the molecule is N#Cc1ccc(S(=O)(=O)N2CCN(c3ccnc(N4CCCC4)n3)CC2)cc1. The minimum absolute atomic E-state index is 0.221. The van der Waals surface area contributed by atoms with E-state index in [4.69, 9.17) is 5.26 Å². The molecule has 2 fully saturated rings. The number of rotatable bonds is 4. The summed E-state index contributed by atoms with van der Waals surface area (Å²) < 4.78 is 27.2. The van der Waals surface area contributed by atoms with E-state index in [0.29, 0.717) is 31.7 Å². The molecular formula is C19H22N6O2S. The molecule has 1 aromatic heterocycles. The summed E-state index contributed by atoms with van der Waals surface area (Å²) in [5, 5.41) is 8.88. The second-order valence-corrected chi connectivity index (χ2v) is 8.87. The highest BCUT2D eigenvalue weighted by Crippen LogP contribution is 2.22. The predicted molar refractivity (Wildman–Crippen MR) is 106 cm³/mol. The molecule has 2 saturated heterocycles. The summed E-state index contributed by atoms with van der Waals surface area (Å²) >= 11 is 0. The number of aromatic nitrogens is 2. The maximum absolute atomic E-state index is 12.9. The average Bonchev–Trinajstić information content (AvgIpc) is 3.29. The summed E-state index contributed by atoms with van der Waals surface area (Å²) in [5.74, 6) is 1.59. The van der Waals surface area contributed by atoms with Gasteiger partial charge >= 0.3 is 0 Å². The van der Waals surface area contributed by atoms with Crippen LogP contribution in [0.2, 0.25) is 0 Å². The predicted octanol–water partition coefficient (Wildman–Crippen LogP) is 1.46. The molecule has 1 aromatic carbocycles. The minimum Gasteiger partial charge on any atom is -0.354 e. The molecule has 0 saturated carbocycles. The summed E-state index contributed by atoms with van der Waals surface area (Å²) in [4.78, 5) is 13.6. The van der Waals surface area contributed by atoms with Crippen molar-refractivity contribution in [2.24, 2.45) is 0 Å². The number of anilines is 2. The van der Waals surface area contributed by atoms with Gasteiger partial charge in [-0.1, -0.05) is 0 Å². The van der Waals surface area contributed by atoms with Crippen LogP contribution in [0, 0.1) is 11.3 Å². The van der Waals surface area contributed by atoms with Crippen LogP contribution in [0.3, 0.4) is 0 Å². The maximum atomic E-state index is 12.9. The van der Waals surface area contributed by atoms with Crippen LogP contribution in [0.1, 0.15) is 18.4 Å². The average molecular weight is 398 g/mol. The van der Waals surface area contributed by atoms with Crippen LogP contribution in [0.15, 0.2) is 41.4 Å². The standard InChI is InChI=1S/C19H22N6O2S/c20-15-16-3-5-17(6-4-16)28(26,27)25-13-11-23(12-14-25)18-7-8-21-19(22-18)24-9-1-2-10-24/h3-8H,1-2,9-14H2. The maximum Gasteiger partial charge on any atom is 0.243 e. The van der Waals surface area contributed by atoms with E-state index < -0.39 is 10.0 Å². The Hall–Kier alpha value is -2.70. The normalized spacial score (nSPS) is 18.2. The van der Waals surface area contributed by atoms with Crippen LogP contribution in [0.5, 0.6) is 0 Å². The fraction of sp³-hybridized carbons (Fsp3) is 0.421. The van der Waals surface area contributed by atoms with Crippen LogP contribution >= 0.6 is 0 Å². The van der Waals surface area contributed by atoms with E-state index >= 15 is 0 Å². The van der Waals surface area contributed by atoms with Gasteiger partial charge in [0.1, 0.15) is 5.82 Å². The van der Waals surface area contributed by atoms with Gasteiger partial charge in [-0.15, -0.1) is 0 Å². The zero-order valence-electron chi connectivity index (χ0n) is 15.5. The van der Waals surface area contributed by atoms with Crippen molar-refractivity contribution in [1.29, 1.82) is 5.26 Å². The molecule has 0 spiro atoms. The highest BCUT2D eigenvalue weighted by atomic mass is 32.2. The van der Waals surface area contributed by atoms with Gasteiger partial charge in [-0.3, -0.25) is 0 Å². The number of sulfonamides is 1. The summed E-state index contributed by atoms with van der Waals surface area (Å²) in [6.07, 6.45) is 4.11. The lowest BCUT2D eigenvalue weighted by atomic mass is 10.2. The van der Waals surface area contributed by atoms with Crippen molar-refractivity contribution < 1.29 is 8.42 Å². The number of nitrogens with zero attached hydrogens (tertiary/aromatic N) is 6. The summed E-state index contributed by atoms with van der Waals surface area (Å²) in [5.41, 5.74) is 0.446. The Kier molecular flexibility index (Phi) is 5.15. The molecule has 146 valence electrons. The highest BCUT2D eigenvalue weighted by molar-refractivity contribution is 7.89. The minimum atomic E-state index is -3.56. The molecule has 3 heterocycles. The molecule has 0 bridgehead atoms. The summed E-state index contributed by atoms with van der Waals surface area (Å²) in [7, 11) is -3.56.